The van der Waals surface area contributed by atoms with Gasteiger partial charge in [0.05, 0.1) is 5.84 Å². The molecule has 0 aromatic rings. The predicted molar refractivity (Wildman–Crippen MR) is 40.2 cm³/mol. The normalized spacial score (nSPS) is 11.4. The SMILES string of the molecule is CCCN=C(N)CC=N. The fraction of sp³-hybridized carbons (Fsp3) is 0.667. The maximum Gasteiger partial charge on any atom is 0.0990 e. The highest BCUT2D eigenvalue weighted by Crippen LogP contribution is 1.79. The van der Waals surface area contributed by atoms with Crippen molar-refractivity contribution >= 4 is 12.1 Å². The van der Waals surface area contributed by atoms with E-state index in [0.29, 0.717) is 12.3 Å². The van der Waals surface area contributed by atoms with Gasteiger partial charge in [-0.2, -0.15) is 0 Å². The molecule has 0 aromatic heterocycles. The molecule has 0 saturated heterocycles. The number of hydrogen-bond acceptors (Lipinski definition) is 2. The molecule has 0 spiro atoms. The van der Waals surface area contributed by atoms with Crippen molar-refractivity contribution in [1.82, 2.24) is 0 Å². The van der Waals surface area contributed by atoms with Gasteiger partial charge in [0.1, 0.15) is 0 Å². The Labute approximate surface area is 55.5 Å². The summed E-state index contributed by atoms with van der Waals surface area (Å²) in [5, 5.41) is 6.68. The van der Waals surface area contributed by atoms with Crippen molar-refractivity contribution in [3.05, 3.63) is 0 Å². The minimum absolute atomic E-state index is 0.486. The Balaban J connectivity index is 3.42. The predicted octanol–water partition coefficient (Wildman–Crippen LogP) is 0.793. The van der Waals surface area contributed by atoms with Crippen LogP contribution < -0.4 is 5.73 Å². The summed E-state index contributed by atoms with van der Waals surface area (Å²) in [5.74, 6) is 0.562. The van der Waals surface area contributed by atoms with Crippen LogP contribution in [0.4, 0.5) is 0 Å². The third-order valence-corrected chi connectivity index (χ3v) is 0.850. The maximum atomic E-state index is 6.68. The highest BCUT2D eigenvalue weighted by Gasteiger charge is 1.84. The third kappa shape index (κ3) is 5.00. The number of nitrogens with one attached hydrogen (secondary N) is 1. The first-order valence-corrected chi connectivity index (χ1v) is 3.09. The summed E-state index contributed by atoms with van der Waals surface area (Å²) >= 11 is 0. The molecule has 3 N–H and O–H groups in total. The van der Waals surface area contributed by atoms with E-state index in [9.17, 15) is 0 Å². The van der Waals surface area contributed by atoms with E-state index in [0.717, 1.165) is 13.0 Å². The highest BCUT2D eigenvalue weighted by molar-refractivity contribution is 5.91. The molecule has 0 amide bonds. The second kappa shape index (κ2) is 5.28. The molecule has 0 aliphatic heterocycles. The van der Waals surface area contributed by atoms with Crippen LogP contribution in [0.5, 0.6) is 0 Å². The molecule has 0 atom stereocenters. The summed E-state index contributed by atoms with van der Waals surface area (Å²) in [4.78, 5) is 3.98. The van der Waals surface area contributed by atoms with Crippen molar-refractivity contribution in [1.29, 1.82) is 5.41 Å². The first-order valence-electron chi connectivity index (χ1n) is 3.09. The van der Waals surface area contributed by atoms with Gasteiger partial charge in [-0.1, -0.05) is 6.92 Å². The molecule has 0 saturated carbocycles. The minimum atomic E-state index is 0.486. The van der Waals surface area contributed by atoms with E-state index < -0.39 is 0 Å². The monoisotopic (exact) mass is 127 g/mol. The zero-order valence-electron chi connectivity index (χ0n) is 5.72. The van der Waals surface area contributed by atoms with Crippen LogP contribution in [0.2, 0.25) is 0 Å². The zero-order valence-corrected chi connectivity index (χ0v) is 5.72. The van der Waals surface area contributed by atoms with E-state index >= 15 is 0 Å². The largest absolute Gasteiger partial charge is 0.387 e. The molecule has 3 heteroatoms. The lowest BCUT2D eigenvalue weighted by atomic mass is 10.4. The van der Waals surface area contributed by atoms with Gasteiger partial charge in [0, 0.05) is 19.2 Å². The standard InChI is InChI=1S/C6H13N3/c1-2-5-9-6(8)3-4-7/h4,7H,2-3,5H2,1H3,(H2,8,9). The molecule has 3 nitrogen and oxygen atoms in total. The van der Waals surface area contributed by atoms with Crippen LogP contribution in [-0.4, -0.2) is 18.6 Å². The van der Waals surface area contributed by atoms with Crippen LogP contribution in [-0.2, 0) is 0 Å². The van der Waals surface area contributed by atoms with E-state index in [4.69, 9.17) is 11.1 Å². The molecule has 52 valence electrons. The topological polar surface area (TPSA) is 62.2 Å². The van der Waals surface area contributed by atoms with Crippen LogP contribution in [0.3, 0.4) is 0 Å². The summed E-state index contributed by atoms with van der Waals surface area (Å²) in [6.45, 7) is 2.82. The fourth-order valence-electron chi connectivity index (χ4n) is 0.425. The average Bonchev–Trinajstić information content (AvgIpc) is 1.85. The zero-order chi connectivity index (χ0) is 7.11. The Morgan fingerprint density at radius 2 is 2.44 bits per heavy atom. The molecular weight excluding hydrogens is 114 g/mol. The van der Waals surface area contributed by atoms with E-state index in [1.165, 1.54) is 6.21 Å². The van der Waals surface area contributed by atoms with Gasteiger partial charge < -0.3 is 11.1 Å². The van der Waals surface area contributed by atoms with Crippen LogP contribution in [0, 0.1) is 5.41 Å². The summed E-state index contributed by atoms with van der Waals surface area (Å²) in [6.07, 6.45) is 2.76. The molecule has 9 heavy (non-hydrogen) atoms. The molecule has 0 aliphatic rings. The molecular formula is C6H13N3. The third-order valence-electron chi connectivity index (χ3n) is 0.850. The van der Waals surface area contributed by atoms with Crippen molar-refractivity contribution in [2.75, 3.05) is 6.54 Å². The van der Waals surface area contributed by atoms with E-state index in [-0.39, 0.29) is 0 Å². The van der Waals surface area contributed by atoms with Crippen LogP contribution in [0.1, 0.15) is 19.8 Å². The molecule has 0 radical (unpaired) electrons. The summed E-state index contributed by atoms with van der Waals surface area (Å²) in [6, 6.07) is 0. The molecule has 0 aromatic carbocycles. The quantitative estimate of drug-likeness (QED) is 0.425. The first-order chi connectivity index (χ1) is 4.31. The summed E-state index contributed by atoms with van der Waals surface area (Å²) in [7, 11) is 0. The van der Waals surface area contributed by atoms with Gasteiger partial charge in [-0.25, -0.2) is 0 Å². The Hall–Kier alpha value is -0.860. The van der Waals surface area contributed by atoms with Gasteiger partial charge in [0.2, 0.25) is 0 Å². The minimum Gasteiger partial charge on any atom is -0.387 e. The van der Waals surface area contributed by atoms with E-state index in [2.05, 4.69) is 4.99 Å². The Bertz CT molecular complexity index is 107. The Morgan fingerprint density at radius 1 is 1.78 bits per heavy atom. The number of rotatable bonds is 4. The molecule has 0 fully saturated rings. The van der Waals surface area contributed by atoms with E-state index in [1.807, 2.05) is 6.92 Å². The van der Waals surface area contributed by atoms with Gasteiger partial charge in [-0.05, 0) is 6.42 Å². The van der Waals surface area contributed by atoms with Crippen molar-refractivity contribution in [3.8, 4) is 0 Å². The Morgan fingerprint density at radius 3 is 2.89 bits per heavy atom. The summed E-state index contributed by atoms with van der Waals surface area (Å²) in [5.41, 5.74) is 5.37. The second-order valence-electron chi connectivity index (χ2n) is 1.78. The van der Waals surface area contributed by atoms with Gasteiger partial charge in [-0.3, -0.25) is 4.99 Å². The van der Waals surface area contributed by atoms with Crippen molar-refractivity contribution in [2.45, 2.75) is 19.8 Å². The lowest BCUT2D eigenvalue weighted by Gasteiger charge is -1.92. The van der Waals surface area contributed by atoms with Crippen molar-refractivity contribution in [2.24, 2.45) is 10.7 Å². The number of amidine groups is 1. The van der Waals surface area contributed by atoms with Crippen LogP contribution in [0.25, 0.3) is 0 Å². The van der Waals surface area contributed by atoms with Gasteiger partial charge >= 0.3 is 0 Å². The number of hydrogen-bond donors (Lipinski definition) is 2. The second-order valence-corrected chi connectivity index (χ2v) is 1.78. The van der Waals surface area contributed by atoms with Gasteiger partial charge in [0.25, 0.3) is 0 Å². The molecule has 0 heterocycles. The van der Waals surface area contributed by atoms with Crippen molar-refractivity contribution < 1.29 is 0 Å². The van der Waals surface area contributed by atoms with Crippen LogP contribution >= 0.6 is 0 Å². The van der Waals surface area contributed by atoms with Gasteiger partial charge in [-0.15, -0.1) is 0 Å². The smallest absolute Gasteiger partial charge is 0.0990 e. The first kappa shape index (κ1) is 8.14. The molecule has 0 aliphatic carbocycles. The number of nitrogens with two attached hydrogens (primary N) is 1. The average molecular weight is 127 g/mol. The lowest BCUT2D eigenvalue weighted by Crippen LogP contribution is -2.12. The number of nitrogens with zero attached hydrogens (tertiary/aromatic N) is 1. The van der Waals surface area contributed by atoms with Crippen LogP contribution in [0.15, 0.2) is 4.99 Å². The fourth-order valence-corrected chi connectivity index (χ4v) is 0.425. The lowest BCUT2D eigenvalue weighted by molar-refractivity contribution is 0.927. The van der Waals surface area contributed by atoms with Crippen molar-refractivity contribution in [3.63, 3.8) is 0 Å². The molecule has 0 unspecified atom stereocenters. The van der Waals surface area contributed by atoms with E-state index in [1.54, 1.807) is 0 Å². The summed E-state index contributed by atoms with van der Waals surface area (Å²) < 4.78 is 0. The molecule has 0 bridgehead atoms. The maximum absolute atomic E-state index is 6.68. The highest BCUT2D eigenvalue weighted by atomic mass is 14.8. The Kier molecular flexibility index (Phi) is 4.78. The molecule has 0 rings (SSSR count). The number of aliphatic imine (C=N–C) groups is 1. The van der Waals surface area contributed by atoms with Gasteiger partial charge in [0.15, 0.2) is 0 Å².